The van der Waals surface area contributed by atoms with Crippen LogP contribution in [0.5, 0.6) is 0 Å². The maximum Gasteiger partial charge on any atom is 0.0856 e. The minimum absolute atomic E-state index is 0. The van der Waals surface area contributed by atoms with E-state index < -0.39 is 25.4 Å². The van der Waals surface area contributed by atoms with Gasteiger partial charge in [0.05, 0.1) is 25.4 Å². The fourth-order valence-corrected chi connectivity index (χ4v) is 0.150. The van der Waals surface area contributed by atoms with Gasteiger partial charge >= 0.3 is 0 Å². The number of aliphatic hydroxyl groups is 3. The van der Waals surface area contributed by atoms with E-state index >= 15 is 0 Å². The first-order chi connectivity index (χ1) is 3.68. The molecule has 0 bridgehead atoms. The summed E-state index contributed by atoms with van der Waals surface area (Å²) in [6.07, 6.45) is 0. The monoisotopic (exact) mass is 175 g/mol. The zero-order chi connectivity index (χ0) is 6.62. The van der Waals surface area contributed by atoms with Crippen LogP contribution in [-0.4, -0.2) is 46.2 Å². The largest absolute Gasteiger partial charge is 0.412 e. The molecule has 0 aliphatic heterocycles. The summed E-state index contributed by atoms with van der Waals surface area (Å²) in [6, 6.07) is 0. The highest BCUT2D eigenvalue weighted by Crippen LogP contribution is 1.93. The Labute approximate surface area is 65.2 Å². The second-order valence-corrected chi connectivity index (χ2v) is 1.84. The van der Waals surface area contributed by atoms with E-state index in [0.29, 0.717) is 0 Å². The van der Waals surface area contributed by atoms with Crippen molar-refractivity contribution in [3.8, 4) is 0 Å². The maximum absolute atomic E-state index is 8.34. The van der Waals surface area contributed by atoms with Gasteiger partial charge < -0.3 is 26.5 Å². The second kappa shape index (κ2) is 7.20. The SMILES string of the molecule is Cl.NC(CO)(CO)CO.O. The van der Waals surface area contributed by atoms with Crippen LogP contribution < -0.4 is 5.73 Å². The Morgan fingerprint density at radius 1 is 1.00 bits per heavy atom. The van der Waals surface area contributed by atoms with Crippen molar-refractivity contribution in [1.82, 2.24) is 0 Å². The van der Waals surface area contributed by atoms with Gasteiger partial charge in [-0.3, -0.25) is 0 Å². The number of rotatable bonds is 3. The fraction of sp³-hybridized carbons (Fsp3) is 1.00. The quantitative estimate of drug-likeness (QED) is 0.372. The Morgan fingerprint density at radius 3 is 1.20 bits per heavy atom. The van der Waals surface area contributed by atoms with Gasteiger partial charge in [0, 0.05) is 0 Å². The van der Waals surface area contributed by atoms with Crippen molar-refractivity contribution in [3.63, 3.8) is 0 Å². The van der Waals surface area contributed by atoms with Crippen molar-refractivity contribution in [2.45, 2.75) is 5.54 Å². The van der Waals surface area contributed by atoms with Crippen LogP contribution in [0.3, 0.4) is 0 Å². The summed E-state index contributed by atoms with van der Waals surface area (Å²) in [5, 5.41) is 25.0. The minimum Gasteiger partial charge on any atom is -0.412 e. The summed E-state index contributed by atoms with van der Waals surface area (Å²) < 4.78 is 0. The Morgan fingerprint density at radius 2 is 1.20 bits per heavy atom. The molecule has 0 radical (unpaired) electrons. The zero-order valence-corrected chi connectivity index (χ0v) is 6.27. The maximum atomic E-state index is 8.34. The second-order valence-electron chi connectivity index (χ2n) is 1.84. The molecule has 0 aliphatic carbocycles. The summed E-state index contributed by atoms with van der Waals surface area (Å²) in [4.78, 5) is 0. The third-order valence-corrected chi connectivity index (χ3v) is 0.945. The Balaban J connectivity index is -0.000000245. The topological polar surface area (TPSA) is 118 Å². The van der Waals surface area contributed by atoms with Crippen LogP contribution in [0.25, 0.3) is 0 Å². The molecule has 0 atom stereocenters. The highest BCUT2D eigenvalue weighted by atomic mass is 35.5. The standard InChI is InChI=1S/C4H11NO3.ClH.H2O/c5-4(1-6,2-7)3-8;;/h6-8H,1-3,5H2;1H;1H2. The molecule has 0 aliphatic rings. The van der Waals surface area contributed by atoms with Crippen molar-refractivity contribution in [3.05, 3.63) is 0 Å². The molecular formula is C4H14ClNO4. The fourth-order valence-electron chi connectivity index (χ4n) is 0.150. The van der Waals surface area contributed by atoms with Gasteiger partial charge in [0.25, 0.3) is 0 Å². The lowest BCUT2D eigenvalue weighted by Crippen LogP contribution is -2.50. The lowest BCUT2D eigenvalue weighted by Gasteiger charge is -2.20. The van der Waals surface area contributed by atoms with E-state index in [9.17, 15) is 0 Å². The molecule has 0 aromatic carbocycles. The molecule has 0 aromatic heterocycles. The summed E-state index contributed by atoms with van der Waals surface area (Å²) in [5.74, 6) is 0. The molecule has 6 heteroatoms. The van der Waals surface area contributed by atoms with Crippen LogP contribution in [0.1, 0.15) is 0 Å². The number of hydrogen-bond acceptors (Lipinski definition) is 4. The molecule has 0 heterocycles. The van der Waals surface area contributed by atoms with Gasteiger partial charge in [-0.15, -0.1) is 12.4 Å². The van der Waals surface area contributed by atoms with E-state index in [4.69, 9.17) is 21.1 Å². The highest BCUT2D eigenvalue weighted by molar-refractivity contribution is 5.85. The van der Waals surface area contributed by atoms with Crippen LogP contribution in [0.2, 0.25) is 0 Å². The smallest absolute Gasteiger partial charge is 0.0856 e. The molecule has 0 fully saturated rings. The van der Waals surface area contributed by atoms with Crippen molar-refractivity contribution in [2.24, 2.45) is 5.73 Å². The molecule has 0 amide bonds. The van der Waals surface area contributed by atoms with Crippen molar-refractivity contribution >= 4 is 12.4 Å². The Kier molecular flexibility index (Phi) is 11.9. The van der Waals surface area contributed by atoms with Crippen molar-refractivity contribution in [2.75, 3.05) is 19.8 Å². The average molecular weight is 176 g/mol. The third-order valence-electron chi connectivity index (χ3n) is 0.945. The van der Waals surface area contributed by atoms with E-state index in [1.165, 1.54) is 0 Å². The van der Waals surface area contributed by atoms with E-state index in [1.54, 1.807) is 0 Å². The minimum atomic E-state index is -1.21. The Hall–Kier alpha value is 0.0900. The lowest BCUT2D eigenvalue weighted by atomic mass is 10.1. The first-order valence-electron chi connectivity index (χ1n) is 2.30. The summed E-state index contributed by atoms with van der Waals surface area (Å²) >= 11 is 0. The normalized spacial score (nSPS) is 9.60. The van der Waals surface area contributed by atoms with E-state index in [1.807, 2.05) is 0 Å². The van der Waals surface area contributed by atoms with Crippen LogP contribution >= 0.6 is 12.4 Å². The molecule has 0 spiro atoms. The zero-order valence-electron chi connectivity index (χ0n) is 5.45. The first-order valence-corrected chi connectivity index (χ1v) is 2.30. The van der Waals surface area contributed by atoms with Gasteiger partial charge in [-0.2, -0.15) is 0 Å². The van der Waals surface area contributed by atoms with Crippen molar-refractivity contribution in [1.29, 1.82) is 0 Å². The van der Waals surface area contributed by atoms with Crippen LogP contribution in [0.15, 0.2) is 0 Å². The number of halogens is 1. The van der Waals surface area contributed by atoms with E-state index in [-0.39, 0.29) is 17.9 Å². The molecule has 0 aromatic rings. The molecular weight excluding hydrogens is 161 g/mol. The van der Waals surface area contributed by atoms with Gasteiger partial charge in [0.1, 0.15) is 0 Å². The predicted octanol–water partition coefficient (Wildman–Crippen LogP) is -2.74. The Bertz CT molecular complexity index is 60.0. The van der Waals surface area contributed by atoms with Gasteiger partial charge in [-0.1, -0.05) is 0 Å². The van der Waals surface area contributed by atoms with Gasteiger partial charge in [-0.05, 0) is 0 Å². The van der Waals surface area contributed by atoms with E-state index in [2.05, 4.69) is 0 Å². The molecule has 0 unspecified atom stereocenters. The molecule has 10 heavy (non-hydrogen) atoms. The van der Waals surface area contributed by atoms with Crippen LogP contribution in [-0.2, 0) is 0 Å². The summed E-state index contributed by atoms with van der Waals surface area (Å²) in [6.45, 7) is -1.21. The van der Waals surface area contributed by atoms with Crippen LogP contribution in [0.4, 0.5) is 0 Å². The molecule has 7 N–H and O–H groups in total. The molecule has 5 nitrogen and oxygen atoms in total. The van der Waals surface area contributed by atoms with Gasteiger partial charge in [0.2, 0.25) is 0 Å². The van der Waals surface area contributed by atoms with Gasteiger partial charge in [0.15, 0.2) is 0 Å². The molecule has 0 rings (SSSR count). The predicted molar refractivity (Wildman–Crippen MR) is 39.0 cm³/mol. The van der Waals surface area contributed by atoms with Crippen LogP contribution in [0, 0.1) is 0 Å². The highest BCUT2D eigenvalue weighted by Gasteiger charge is 2.20. The molecule has 66 valence electrons. The average Bonchev–Trinajstić information content (AvgIpc) is 1.87. The molecule has 0 saturated heterocycles. The van der Waals surface area contributed by atoms with E-state index in [0.717, 1.165) is 0 Å². The molecule has 0 saturated carbocycles. The lowest BCUT2D eigenvalue weighted by molar-refractivity contribution is 0.0698. The third kappa shape index (κ3) is 4.92. The summed E-state index contributed by atoms with van der Waals surface area (Å²) in [5.41, 5.74) is 3.94. The summed E-state index contributed by atoms with van der Waals surface area (Å²) in [7, 11) is 0. The number of nitrogens with two attached hydrogens (primary N) is 1. The van der Waals surface area contributed by atoms with Gasteiger partial charge in [-0.25, -0.2) is 0 Å². The first kappa shape index (κ1) is 16.6. The number of aliphatic hydroxyl groups excluding tert-OH is 3. The van der Waals surface area contributed by atoms with Crippen molar-refractivity contribution < 1.29 is 20.8 Å². The number of hydrogen-bond donors (Lipinski definition) is 4.